The molecule has 1 aromatic heterocycles. The van der Waals surface area contributed by atoms with E-state index in [0.717, 1.165) is 31.5 Å². The Bertz CT molecular complexity index is 680. The Morgan fingerprint density at radius 2 is 2.00 bits per heavy atom. The van der Waals surface area contributed by atoms with Gasteiger partial charge in [-0.2, -0.15) is 0 Å². The van der Waals surface area contributed by atoms with E-state index in [-0.39, 0.29) is 18.3 Å². The Morgan fingerprint density at radius 1 is 1.28 bits per heavy atom. The number of piperidine rings is 1. The van der Waals surface area contributed by atoms with Crippen LogP contribution in [0.15, 0.2) is 36.7 Å². The molecule has 1 fully saturated rings. The topological polar surface area (TPSA) is 74.5 Å². The van der Waals surface area contributed by atoms with Gasteiger partial charge in [-0.15, -0.1) is 5.10 Å². The van der Waals surface area contributed by atoms with Gasteiger partial charge < -0.3 is 14.9 Å². The number of aromatic nitrogens is 3. The van der Waals surface area contributed by atoms with Gasteiger partial charge in [0, 0.05) is 32.3 Å². The number of aliphatic hydroxyl groups excluding tert-OH is 1. The number of aliphatic hydroxyl groups is 1. The van der Waals surface area contributed by atoms with Gasteiger partial charge in [-0.05, 0) is 38.4 Å². The third-order valence-electron chi connectivity index (χ3n) is 4.75. The van der Waals surface area contributed by atoms with E-state index >= 15 is 0 Å². The van der Waals surface area contributed by atoms with Crippen LogP contribution in [0.4, 0.5) is 0 Å². The van der Waals surface area contributed by atoms with Gasteiger partial charge in [0.1, 0.15) is 6.33 Å². The van der Waals surface area contributed by atoms with Gasteiger partial charge in [-0.1, -0.05) is 18.2 Å². The summed E-state index contributed by atoms with van der Waals surface area (Å²) in [6.07, 6.45) is 4.24. The molecule has 1 amide bonds. The third-order valence-corrected chi connectivity index (χ3v) is 4.75. The molecule has 1 aliphatic rings. The Kier molecular flexibility index (Phi) is 5.78. The summed E-state index contributed by atoms with van der Waals surface area (Å²) in [5, 5.41) is 13.3. The Balaban J connectivity index is 1.57. The summed E-state index contributed by atoms with van der Waals surface area (Å²) >= 11 is 0. The van der Waals surface area contributed by atoms with Crippen LogP contribution in [0.3, 0.4) is 0 Å². The molecule has 0 spiro atoms. The highest BCUT2D eigenvalue weighted by Gasteiger charge is 2.27. The van der Waals surface area contributed by atoms with Crippen molar-refractivity contribution < 1.29 is 9.90 Å². The quantitative estimate of drug-likeness (QED) is 0.853. The number of amides is 1. The highest BCUT2D eigenvalue weighted by atomic mass is 16.3. The van der Waals surface area contributed by atoms with E-state index in [2.05, 4.69) is 22.0 Å². The molecule has 7 nitrogen and oxygen atoms in total. The first-order valence-electron chi connectivity index (χ1n) is 8.76. The van der Waals surface area contributed by atoms with Gasteiger partial charge >= 0.3 is 0 Å². The molecule has 1 saturated heterocycles. The molecule has 0 unspecified atom stereocenters. The van der Waals surface area contributed by atoms with Gasteiger partial charge in [0.15, 0.2) is 0 Å². The van der Waals surface area contributed by atoms with Crippen LogP contribution in [0.1, 0.15) is 29.9 Å². The highest BCUT2D eigenvalue weighted by molar-refractivity contribution is 5.90. The van der Waals surface area contributed by atoms with Gasteiger partial charge in [0.2, 0.25) is 5.82 Å². The zero-order chi connectivity index (χ0) is 17.6. The zero-order valence-corrected chi connectivity index (χ0v) is 14.6. The number of hydrogen-bond acceptors (Lipinski definition) is 5. The molecule has 2 heterocycles. The van der Waals surface area contributed by atoms with Crippen molar-refractivity contribution in [3.63, 3.8) is 0 Å². The number of benzene rings is 1. The monoisotopic (exact) mass is 343 g/mol. The van der Waals surface area contributed by atoms with Crippen molar-refractivity contribution >= 4 is 5.91 Å². The number of para-hydroxylation sites is 1. The fraction of sp³-hybridized carbons (Fsp3) is 0.500. The number of hydrogen-bond donors (Lipinski definition) is 1. The van der Waals surface area contributed by atoms with Crippen LogP contribution in [-0.4, -0.2) is 74.9 Å². The average molecular weight is 343 g/mol. The van der Waals surface area contributed by atoms with Crippen LogP contribution in [0, 0.1) is 0 Å². The summed E-state index contributed by atoms with van der Waals surface area (Å²) in [5.41, 5.74) is 0.887. The Labute approximate surface area is 147 Å². The summed E-state index contributed by atoms with van der Waals surface area (Å²) in [7, 11) is 2.08. The molecule has 0 bridgehead atoms. The molecule has 2 aromatic rings. The van der Waals surface area contributed by atoms with E-state index in [4.69, 9.17) is 5.11 Å². The van der Waals surface area contributed by atoms with Crippen LogP contribution in [-0.2, 0) is 0 Å². The number of carbonyl (C=O) groups excluding carboxylic acids is 1. The molecule has 0 saturated carbocycles. The van der Waals surface area contributed by atoms with E-state index in [1.54, 1.807) is 11.0 Å². The molecule has 25 heavy (non-hydrogen) atoms. The van der Waals surface area contributed by atoms with E-state index in [1.165, 1.54) is 0 Å². The van der Waals surface area contributed by atoms with Crippen molar-refractivity contribution in [3.8, 4) is 5.69 Å². The number of rotatable bonds is 6. The second kappa shape index (κ2) is 8.22. The summed E-state index contributed by atoms with van der Waals surface area (Å²) < 4.78 is 1.63. The first-order chi connectivity index (χ1) is 12.2. The summed E-state index contributed by atoms with van der Waals surface area (Å²) in [5.74, 6) is 0.141. The second-order valence-electron chi connectivity index (χ2n) is 6.43. The van der Waals surface area contributed by atoms with Crippen LogP contribution in [0.25, 0.3) is 5.69 Å². The minimum absolute atomic E-state index is 0.105. The smallest absolute Gasteiger partial charge is 0.293 e. The van der Waals surface area contributed by atoms with Crippen molar-refractivity contribution in [1.82, 2.24) is 24.6 Å². The highest BCUT2D eigenvalue weighted by Crippen LogP contribution is 2.17. The van der Waals surface area contributed by atoms with E-state index in [1.807, 2.05) is 35.2 Å². The van der Waals surface area contributed by atoms with E-state index < -0.39 is 0 Å². The summed E-state index contributed by atoms with van der Waals surface area (Å²) in [6, 6.07) is 10.1. The average Bonchev–Trinajstić information content (AvgIpc) is 3.16. The predicted octanol–water partition coefficient (Wildman–Crippen LogP) is 1.19. The molecule has 1 aromatic carbocycles. The third kappa shape index (κ3) is 4.24. The first kappa shape index (κ1) is 17.6. The second-order valence-corrected chi connectivity index (χ2v) is 6.43. The predicted molar refractivity (Wildman–Crippen MR) is 94.6 cm³/mol. The lowest BCUT2D eigenvalue weighted by molar-refractivity contribution is 0.0629. The number of nitrogens with zero attached hydrogens (tertiary/aromatic N) is 5. The fourth-order valence-electron chi connectivity index (χ4n) is 3.22. The van der Waals surface area contributed by atoms with Gasteiger partial charge in [-0.25, -0.2) is 9.67 Å². The van der Waals surface area contributed by atoms with E-state index in [0.29, 0.717) is 19.1 Å². The zero-order valence-electron chi connectivity index (χ0n) is 14.6. The van der Waals surface area contributed by atoms with Crippen molar-refractivity contribution in [2.24, 2.45) is 0 Å². The number of carbonyl (C=O) groups is 1. The Hall–Kier alpha value is -2.25. The van der Waals surface area contributed by atoms with Gasteiger partial charge in [-0.3, -0.25) is 4.79 Å². The number of likely N-dealkylation sites (tertiary alicyclic amines) is 1. The molecule has 0 radical (unpaired) electrons. The van der Waals surface area contributed by atoms with Crippen molar-refractivity contribution in [1.29, 1.82) is 0 Å². The molecular formula is C18H25N5O2. The van der Waals surface area contributed by atoms with E-state index in [9.17, 15) is 4.79 Å². The molecule has 134 valence electrons. The molecule has 1 aliphatic heterocycles. The van der Waals surface area contributed by atoms with Crippen LogP contribution in [0.5, 0.6) is 0 Å². The largest absolute Gasteiger partial charge is 0.396 e. The standard InChI is InChI=1S/C18H25N5O2/c1-21(10-5-13-24)15-8-11-22(12-9-15)18(25)17-19-14-23(20-17)16-6-3-2-4-7-16/h2-4,6-7,14-15,24H,5,8-13H2,1H3. The lowest BCUT2D eigenvalue weighted by atomic mass is 10.0. The van der Waals surface area contributed by atoms with Crippen molar-refractivity contribution in [3.05, 3.63) is 42.5 Å². The maximum atomic E-state index is 12.6. The van der Waals surface area contributed by atoms with Crippen molar-refractivity contribution in [2.45, 2.75) is 25.3 Å². The van der Waals surface area contributed by atoms with Gasteiger partial charge in [0.05, 0.1) is 5.69 Å². The normalized spacial score (nSPS) is 15.7. The van der Waals surface area contributed by atoms with Crippen LogP contribution < -0.4 is 0 Å². The maximum absolute atomic E-state index is 12.6. The molecule has 3 rings (SSSR count). The molecule has 7 heteroatoms. The fourth-order valence-corrected chi connectivity index (χ4v) is 3.22. The summed E-state index contributed by atoms with van der Waals surface area (Å²) in [6.45, 7) is 2.54. The molecule has 0 aliphatic carbocycles. The molecule has 0 atom stereocenters. The maximum Gasteiger partial charge on any atom is 0.293 e. The molecule has 1 N–H and O–H groups in total. The first-order valence-corrected chi connectivity index (χ1v) is 8.76. The Morgan fingerprint density at radius 3 is 2.68 bits per heavy atom. The lowest BCUT2D eigenvalue weighted by Crippen LogP contribution is -2.46. The minimum Gasteiger partial charge on any atom is -0.396 e. The van der Waals surface area contributed by atoms with Gasteiger partial charge in [0.25, 0.3) is 5.91 Å². The SMILES string of the molecule is CN(CCCO)C1CCN(C(=O)c2ncn(-c3ccccc3)n2)CC1. The minimum atomic E-state index is -0.105. The van der Waals surface area contributed by atoms with Crippen LogP contribution in [0.2, 0.25) is 0 Å². The summed E-state index contributed by atoms with van der Waals surface area (Å²) in [4.78, 5) is 20.9. The van der Waals surface area contributed by atoms with Crippen LogP contribution >= 0.6 is 0 Å². The lowest BCUT2D eigenvalue weighted by Gasteiger charge is -2.36. The molecular weight excluding hydrogens is 318 g/mol. The van der Waals surface area contributed by atoms with Crippen molar-refractivity contribution in [2.75, 3.05) is 33.3 Å².